The summed E-state index contributed by atoms with van der Waals surface area (Å²) in [7, 11) is 1.34. The van der Waals surface area contributed by atoms with Crippen LogP contribution in [0.4, 0.5) is 58.5 Å². The van der Waals surface area contributed by atoms with Crippen LogP contribution in [0.2, 0.25) is 0 Å². The monoisotopic (exact) mass is 1690 g/mol. The molecule has 3 saturated carbocycles. The largest absolute Gasteiger partial charge is 0.453 e. The van der Waals surface area contributed by atoms with Crippen LogP contribution >= 0.6 is 0 Å². The number of aromatic amines is 5. The van der Waals surface area contributed by atoms with Gasteiger partial charge in [-0.25, -0.2) is 53.7 Å². The van der Waals surface area contributed by atoms with Crippen molar-refractivity contribution in [2.45, 2.75) is 293 Å². The van der Waals surface area contributed by atoms with Gasteiger partial charge in [0.15, 0.2) is 0 Å². The highest BCUT2D eigenvalue weighted by molar-refractivity contribution is 5.90. The van der Waals surface area contributed by atoms with Crippen LogP contribution in [0, 0.1) is 20.8 Å². The van der Waals surface area contributed by atoms with Crippen molar-refractivity contribution in [2.75, 3.05) is 73.0 Å². The van der Waals surface area contributed by atoms with Crippen molar-refractivity contribution in [3.05, 3.63) is 111 Å². The average Bonchev–Trinajstić information content (AvgIpc) is 0.981. The maximum absolute atomic E-state index is 11.9. The number of alkyl carbamates (subject to hydrolysis) is 1. The average molecular weight is 1690 g/mol. The van der Waals surface area contributed by atoms with Crippen molar-refractivity contribution in [3.63, 3.8) is 0 Å². The Bertz CT molecular complexity index is 4030. The number of nitrogens with one attached hydrogen (secondary N) is 19. The Balaban J connectivity index is 0.000000707. The molecule has 0 saturated heterocycles. The van der Waals surface area contributed by atoms with E-state index in [9.17, 15) is 67.1 Å². The molecule has 0 atom stereocenters. The van der Waals surface area contributed by atoms with Crippen LogP contribution in [-0.4, -0.2) is 167 Å². The number of hydrogen-bond acceptors (Lipinski definition) is 20. The molecule has 8 rings (SSSR count). The van der Waals surface area contributed by atoms with E-state index in [-0.39, 0.29) is 122 Å². The predicted molar refractivity (Wildman–Crippen MR) is 467 cm³/mol. The maximum atomic E-state index is 11.9. The van der Waals surface area contributed by atoms with Gasteiger partial charge < -0.3 is 52.6 Å². The fraction of sp³-hybridized carbons (Fsp3) is 0.642. The van der Waals surface area contributed by atoms with Crippen LogP contribution in [0.25, 0.3) is 0 Å². The van der Waals surface area contributed by atoms with Crippen molar-refractivity contribution in [3.8, 4) is 0 Å². The number of aryl methyl sites for hydroxylation is 4. The van der Waals surface area contributed by atoms with E-state index in [1.54, 1.807) is 20.8 Å². The van der Waals surface area contributed by atoms with Gasteiger partial charge in [0.1, 0.15) is 0 Å². The van der Waals surface area contributed by atoms with E-state index in [0.717, 1.165) is 154 Å². The number of carbonyl (C=O) groups is 9. The molecule has 5 heterocycles. The van der Waals surface area contributed by atoms with Gasteiger partial charge >= 0.3 is 36.2 Å². The van der Waals surface area contributed by atoms with Crippen LogP contribution in [-0.2, 0) is 25.5 Å². The van der Waals surface area contributed by atoms with Gasteiger partial charge in [-0.3, -0.25) is 89.9 Å². The molecule has 39 nitrogen and oxygen atoms in total. The first-order valence-electron chi connectivity index (χ1n) is 42.0. The second-order valence-electron chi connectivity index (χ2n) is 29.5. The molecule has 0 bridgehead atoms. The summed E-state index contributed by atoms with van der Waals surface area (Å²) < 4.78 is 4.24. The highest BCUT2D eigenvalue weighted by Gasteiger charge is 2.31. The molecule has 19 N–H and O–H groups in total. The van der Waals surface area contributed by atoms with E-state index < -0.39 is 6.03 Å². The lowest BCUT2D eigenvalue weighted by Crippen LogP contribution is -2.49. The first kappa shape index (κ1) is 106. The first-order valence-corrected chi connectivity index (χ1v) is 42.0. The summed E-state index contributed by atoms with van der Waals surface area (Å²) in [5.41, 5.74) is 0.549. The minimum absolute atomic E-state index is 0.0751. The first-order chi connectivity index (χ1) is 57.1. The molecule has 120 heavy (non-hydrogen) atoms. The Morgan fingerprint density at radius 3 is 1.02 bits per heavy atom. The fourth-order valence-corrected chi connectivity index (χ4v) is 11.9. The topological polar surface area (TPSA) is 560 Å². The van der Waals surface area contributed by atoms with Gasteiger partial charge in [-0.1, -0.05) is 125 Å². The molecule has 0 aliphatic heterocycles. The summed E-state index contributed by atoms with van der Waals surface area (Å²) in [6.07, 6.45) is 28.8. The SMILES string of the molecule is CC1(NC(=O)Nc2nccc(=O)[nH]2)CCCCC1.CCC(=O)NCCCCCCNC(=O)Nc1nc(C)cc(=O)[nH]1.CCCCCc1cc(=O)[nH]c(NC(=O)NCCCC)n1.CCNC(=O)CC.CCNC(=O)CC.CCNC(=O)OC.Cc1cc(=O)[nH]c(NC(=O)NC2(C)CCCCC2)n1.Cc1cc(=O)[nH]c(NC(=O)NC2(C)CCCCC2)n1. The van der Waals surface area contributed by atoms with Crippen LogP contribution in [0.3, 0.4) is 0 Å². The number of carbonyl (C=O) groups excluding carboxylic acids is 9. The Hall–Kier alpha value is -11.6. The maximum Gasteiger partial charge on any atom is 0.406 e. The minimum atomic E-state index is -0.394. The van der Waals surface area contributed by atoms with Crippen molar-refractivity contribution in [2.24, 2.45) is 0 Å². The number of nitrogens with zero attached hydrogens (tertiary/aromatic N) is 5. The van der Waals surface area contributed by atoms with Crippen LogP contribution < -0.4 is 102 Å². The number of urea groups is 5. The Kier molecular flexibility index (Phi) is 54.7. The van der Waals surface area contributed by atoms with E-state index >= 15 is 0 Å². The van der Waals surface area contributed by atoms with Crippen molar-refractivity contribution >= 4 is 83.7 Å². The summed E-state index contributed by atoms with van der Waals surface area (Å²) >= 11 is 0. The number of aromatic nitrogens is 10. The smallest absolute Gasteiger partial charge is 0.406 e. The van der Waals surface area contributed by atoms with E-state index in [1.807, 2.05) is 48.5 Å². The molecule has 3 aliphatic rings. The van der Waals surface area contributed by atoms with Crippen LogP contribution in [0.5, 0.6) is 0 Å². The molecular weight excluding hydrogens is 1550 g/mol. The molecule has 14 amide bonds. The molecule has 39 heteroatoms. The van der Waals surface area contributed by atoms with E-state index in [2.05, 4.69) is 157 Å². The molecule has 0 aromatic carbocycles. The number of rotatable bonds is 28. The molecule has 5 aromatic rings. The zero-order valence-corrected chi connectivity index (χ0v) is 73.4. The number of anilines is 5. The molecule has 3 aliphatic carbocycles. The van der Waals surface area contributed by atoms with Crippen LogP contribution in [0.15, 0.2) is 60.5 Å². The third kappa shape index (κ3) is 53.0. The van der Waals surface area contributed by atoms with Crippen molar-refractivity contribution in [1.82, 2.24) is 97.7 Å². The van der Waals surface area contributed by atoms with E-state index in [1.165, 1.54) is 62.9 Å². The van der Waals surface area contributed by atoms with Gasteiger partial charge in [-0.2, -0.15) is 0 Å². The number of ether oxygens (including phenoxy) is 1. The highest BCUT2D eigenvalue weighted by Crippen LogP contribution is 2.29. The lowest BCUT2D eigenvalue weighted by Gasteiger charge is -2.34. The van der Waals surface area contributed by atoms with Crippen LogP contribution in [0.1, 0.15) is 272 Å². The van der Waals surface area contributed by atoms with Gasteiger partial charge in [-0.05, 0) is 133 Å². The number of hydrogen-bond donors (Lipinski definition) is 19. The van der Waals surface area contributed by atoms with Crippen molar-refractivity contribution < 1.29 is 47.9 Å². The molecule has 0 spiro atoms. The molecular formula is C81H138N24O15. The van der Waals surface area contributed by atoms with Gasteiger partial charge in [0.2, 0.25) is 47.5 Å². The van der Waals surface area contributed by atoms with E-state index in [4.69, 9.17) is 0 Å². The van der Waals surface area contributed by atoms with E-state index in [0.29, 0.717) is 68.2 Å². The Morgan fingerprint density at radius 2 is 0.692 bits per heavy atom. The molecule has 5 aromatic heterocycles. The summed E-state index contributed by atoms with van der Waals surface area (Å²) in [6.45, 7) is 30.6. The number of H-pyrrole nitrogens is 5. The lowest BCUT2D eigenvalue weighted by atomic mass is 9.83. The zero-order valence-electron chi connectivity index (χ0n) is 73.4. The third-order valence-corrected chi connectivity index (χ3v) is 18.1. The zero-order chi connectivity index (χ0) is 89.7. The summed E-state index contributed by atoms with van der Waals surface area (Å²) in [5.74, 6) is 1.21. The fourth-order valence-electron chi connectivity index (χ4n) is 11.9. The minimum Gasteiger partial charge on any atom is -0.453 e. The Morgan fingerprint density at radius 1 is 0.367 bits per heavy atom. The normalized spacial score (nSPS) is 13.4. The molecule has 672 valence electrons. The third-order valence-electron chi connectivity index (χ3n) is 18.1. The second kappa shape index (κ2) is 61.7. The molecule has 0 radical (unpaired) electrons. The summed E-state index contributed by atoms with van der Waals surface area (Å²) in [6, 6.07) is 5.19. The highest BCUT2D eigenvalue weighted by atomic mass is 16.5. The van der Waals surface area contributed by atoms with Gasteiger partial charge in [0.05, 0.1) is 7.11 Å². The number of amides is 14. The lowest BCUT2D eigenvalue weighted by molar-refractivity contribution is -0.121. The number of unbranched alkanes of at least 4 members (excludes halogenated alkanes) is 6. The Labute approximate surface area is 703 Å². The second-order valence-corrected chi connectivity index (χ2v) is 29.5. The summed E-state index contributed by atoms with van der Waals surface area (Å²) in [5, 5.41) is 37.6. The van der Waals surface area contributed by atoms with Crippen molar-refractivity contribution in [1.29, 1.82) is 0 Å². The quantitative estimate of drug-likeness (QED) is 0.0207. The van der Waals surface area contributed by atoms with Gasteiger partial charge in [0, 0.05) is 134 Å². The number of methoxy groups -OCH3 is 1. The van der Waals surface area contributed by atoms with Gasteiger partial charge in [-0.15, -0.1) is 0 Å². The molecule has 3 fully saturated rings. The summed E-state index contributed by atoms with van der Waals surface area (Å²) in [4.78, 5) is 190. The predicted octanol–water partition coefficient (Wildman–Crippen LogP) is 10.6. The standard InChI is InChI=1S/C15H25N5O3.C14H24N4O2.2C13H20N4O2.C12H18N4O2.2C5H11NO.C4H9NO2/c1-3-12(21)16-8-6-4-5-7-9-17-15(23)20-14-18-11(2)10-13(22)19-14;1-3-5-7-8-11-10-12(19)17-13(16-11)18-14(20)15-9-6-4-2;2*1-9-8-10(18)15-11(14-9)16-12(19)17-13(2)6-4-3-5-7-13;1-12(6-3-2-4-7-12)16-11(18)15-10-13-8-5-9(17)14-10;2*1-3-5(7)6-4-2;1-3-5-4(6)7-2/h10H,3-9H2,1-2H3,(H,16,21)(H3,17,18,19,20,22,23);10H,3-9H2,1-2H3,(H3,15,16,17,18,19,20);2*8H,3-7H2,1-2H3,(H3,14,15,16,17,18,19);5,8H,2-4,6-7H2,1H3,(H3,13,14,15,16,17,18);2*3-4H2,1-2H3,(H,6,7);3H2,1-2H3,(H,5,6). The molecule has 0 unspecified atom stereocenters. The van der Waals surface area contributed by atoms with Gasteiger partial charge in [0.25, 0.3) is 27.8 Å².